The van der Waals surface area contributed by atoms with Gasteiger partial charge in [-0.3, -0.25) is 14.7 Å². The molecule has 0 radical (unpaired) electrons. The van der Waals surface area contributed by atoms with E-state index in [0.29, 0.717) is 12.1 Å². The Kier molecular flexibility index (Phi) is 6.17. The summed E-state index contributed by atoms with van der Waals surface area (Å²) in [7, 11) is 0. The third-order valence-corrected chi connectivity index (χ3v) is 4.76. The van der Waals surface area contributed by atoms with E-state index in [1.807, 2.05) is 12.4 Å². The van der Waals surface area contributed by atoms with Crippen molar-refractivity contribution in [3.8, 4) is 0 Å². The Morgan fingerprint density at radius 2 is 1.95 bits per heavy atom. The molecule has 0 bridgehead atoms. The van der Waals surface area contributed by atoms with Crippen LogP contribution in [-0.4, -0.2) is 48.0 Å². The van der Waals surface area contributed by atoms with Crippen LogP contribution < -0.4 is 10.6 Å². The Hall–Kier alpha value is -1.17. The zero-order valence-corrected chi connectivity index (χ0v) is 13.8. The van der Waals surface area contributed by atoms with E-state index in [9.17, 15) is 4.79 Å². The molecule has 5 nitrogen and oxygen atoms in total. The zero-order valence-electron chi connectivity index (χ0n) is 13.0. The summed E-state index contributed by atoms with van der Waals surface area (Å²) in [5.41, 5.74) is 1.31. The molecule has 2 fully saturated rings. The van der Waals surface area contributed by atoms with Crippen molar-refractivity contribution in [1.29, 1.82) is 0 Å². The van der Waals surface area contributed by atoms with Crippen LogP contribution in [0.3, 0.4) is 0 Å². The number of carbonyl (C=O) groups is 1. The maximum atomic E-state index is 12.0. The molecule has 2 saturated heterocycles. The number of hydrogen-bond donors (Lipinski definition) is 2. The van der Waals surface area contributed by atoms with Crippen molar-refractivity contribution in [3.05, 3.63) is 30.1 Å². The molecule has 1 amide bonds. The minimum absolute atomic E-state index is 0. The van der Waals surface area contributed by atoms with E-state index in [4.69, 9.17) is 0 Å². The van der Waals surface area contributed by atoms with Crippen LogP contribution >= 0.6 is 12.4 Å². The van der Waals surface area contributed by atoms with Gasteiger partial charge in [0.25, 0.3) is 0 Å². The molecule has 3 rings (SSSR count). The monoisotopic (exact) mass is 324 g/mol. The maximum absolute atomic E-state index is 12.0. The van der Waals surface area contributed by atoms with E-state index in [1.165, 1.54) is 5.56 Å². The van der Waals surface area contributed by atoms with Gasteiger partial charge in [0.05, 0.1) is 5.92 Å². The number of nitrogens with one attached hydrogen (secondary N) is 2. The quantitative estimate of drug-likeness (QED) is 0.878. The van der Waals surface area contributed by atoms with Gasteiger partial charge >= 0.3 is 0 Å². The van der Waals surface area contributed by atoms with Crippen molar-refractivity contribution in [2.45, 2.75) is 31.8 Å². The number of amides is 1. The second kappa shape index (κ2) is 7.90. The van der Waals surface area contributed by atoms with E-state index < -0.39 is 0 Å². The minimum Gasteiger partial charge on any atom is -0.353 e. The molecule has 2 aliphatic heterocycles. The molecule has 2 aliphatic rings. The van der Waals surface area contributed by atoms with Crippen LogP contribution in [0.5, 0.6) is 0 Å². The number of piperidine rings is 1. The highest BCUT2D eigenvalue weighted by molar-refractivity contribution is 5.85. The van der Waals surface area contributed by atoms with Crippen LogP contribution in [0.25, 0.3) is 0 Å². The first-order valence-corrected chi connectivity index (χ1v) is 7.89. The molecule has 1 atom stereocenters. The molecule has 0 saturated carbocycles. The largest absolute Gasteiger partial charge is 0.353 e. The number of pyridine rings is 1. The van der Waals surface area contributed by atoms with Crippen LogP contribution in [0.2, 0.25) is 0 Å². The summed E-state index contributed by atoms with van der Waals surface area (Å²) in [5.74, 6) is 0.424. The zero-order chi connectivity index (χ0) is 14.7. The minimum atomic E-state index is 0. The maximum Gasteiger partial charge on any atom is 0.225 e. The fourth-order valence-corrected chi connectivity index (χ4v) is 3.08. The summed E-state index contributed by atoms with van der Waals surface area (Å²) < 4.78 is 0. The molecule has 0 spiro atoms. The van der Waals surface area contributed by atoms with Gasteiger partial charge in [-0.15, -0.1) is 12.4 Å². The van der Waals surface area contributed by atoms with Crippen LogP contribution in [0.1, 0.15) is 31.4 Å². The number of nitrogens with zero attached hydrogens (tertiary/aromatic N) is 2. The molecule has 1 aromatic rings. The van der Waals surface area contributed by atoms with Gasteiger partial charge in [0.1, 0.15) is 0 Å². The predicted octanol–water partition coefficient (Wildman–Crippen LogP) is 1.36. The third kappa shape index (κ3) is 3.97. The van der Waals surface area contributed by atoms with E-state index in [1.54, 1.807) is 0 Å². The first-order valence-electron chi connectivity index (χ1n) is 7.89. The van der Waals surface area contributed by atoms with Crippen LogP contribution in [-0.2, 0) is 4.79 Å². The highest BCUT2D eigenvalue weighted by Gasteiger charge is 2.29. The Morgan fingerprint density at radius 1 is 1.32 bits per heavy atom. The Morgan fingerprint density at radius 3 is 2.50 bits per heavy atom. The molecule has 0 aliphatic carbocycles. The molecule has 0 aromatic carbocycles. The summed E-state index contributed by atoms with van der Waals surface area (Å²) >= 11 is 0. The van der Waals surface area contributed by atoms with E-state index in [0.717, 1.165) is 39.0 Å². The second-order valence-corrected chi connectivity index (χ2v) is 6.13. The number of carbonyl (C=O) groups excluding carboxylic acids is 1. The third-order valence-electron chi connectivity index (χ3n) is 4.76. The highest BCUT2D eigenvalue weighted by Crippen LogP contribution is 2.23. The molecular weight excluding hydrogens is 300 g/mol. The summed E-state index contributed by atoms with van der Waals surface area (Å²) in [5, 5.41) is 6.35. The predicted molar refractivity (Wildman–Crippen MR) is 89.0 cm³/mol. The molecule has 122 valence electrons. The van der Waals surface area contributed by atoms with Crippen molar-refractivity contribution in [3.63, 3.8) is 0 Å². The van der Waals surface area contributed by atoms with Gasteiger partial charge in [-0.05, 0) is 37.5 Å². The molecule has 1 aromatic heterocycles. The molecule has 1 unspecified atom stereocenters. The molecular formula is C16H25ClN4O. The van der Waals surface area contributed by atoms with Gasteiger partial charge in [-0.25, -0.2) is 0 Å². The standard InChI is InChI=1S/C16H24N4O.ClH/c1-12(13-2-6-17-7-3-13)20-8-4-15(5-9-20)19-16(21)14-10-18-11-14;/h2-3,6-7,12,14-15,18H,4-5,8-11H2,1H3,(H,19,21);1H. The van der Waals surface area contributed by atoms with Crippen molar-refractivity contribution >= 4 is 18.3 Å². The first-order chi connectivity index (χ1) is 10.2. The SMILES string of the molecule is CC(c1ccncc1)N1CCC(NC(=O)C2CNC2)CC1.Cl. The molecule has 2 N–H and O–H groups in total. The number of halogens is 1. The van der Waals surface area contributed by atoms with Crippen LogP contribution in [0, 0.1) is 5.92 Å². The van der Waals surface area contributed by atoms with E-state index >= 15 is 0 Å². The Bertz CT molecular complexity index is 472. The van der Waals surface area contributed by atoms with Gasteiger partial charge < -0.3 is 10.6 Å². The topological polar surface area (TPSA) is 57.3 Å². The number of aromatic nitrogens is 1. The smallest absolute Gasteiger partial charge is 0.225 e. The summed E-state index contributed by atoms with van der Waals surface area (Å²) in [6.45, 7) is 6.00. The lowest BCUT2D eigenvalue weighted by atomic mass is 9.98. The fraction of sp³-hybridized carbons (Fsp3) is 0.625. The van der Waals surface area contributed by atoms with Gasteiger partial charge in [0.15, 0.2) is 0 Å². The van der Waals surface area contributed by atoms with Gasteiger partial charge in [-0.1, -0.05) is 0 Å². The van der Waals surface area contributed by atoms with E-state index in [2.05, 4.69) is 39.6 Å². The lowest BCUT2D eigenvalue weighted by Gasteiger charge is -2.37. The first kappa shape index (κ1) is 17.2. The van der Waals surface area contributed by atoms with Gasteiger partial charge in [-0.2, -0.15) is 0 Å². The van der Waals surface area contributed by atoms with Crippen molar-refractivity contribution in [1.82, 2.24) is 20.5 Å². The Balaban J connectivity index is 0.00000176. The van der Waals surface area contributed by atoms with Gasteiger partial charge in [0.2, 0.25) is 5.91 Å². The average molecular weight is 325 g/mol. The summed E-state index contributed by atoms with van der Waals surface area (Å²) in [6.07, 6.45) is 5.79. The fourth-order valence-electron chi connectivity index (χ4n) is 3.08. The normalized spacial score (nSPS) is 21.5. The number of hydrogen-bond acceptors (Lipinski definition) is 4. The number of likely N-dealkylation sites (tertiary alicyclic amines) is 1. The highest BCUT2D eigenvalue weighted by atomic mass is 35.5. The molecule has 6 heteroatoms. The van der Waals surface area contributed by atoms with Crippen LogP contribution in [0.4, 0.5) is 0 Å². The molecule has 22 heavy (non-hydrogen) atoms. The summed E-state index contributed by atoms with van der Waals surface area (Å²) in [6, 6.07) is 4.93. The lowest BCUT2D eigenvalue weighted by molar-refractivity contribution is -0.127. The van der Waals surface area contributed by atoms with E-state index in [-0.39, 0.29) is 24.2 Å². The Labute approximate surface area is 138 Å². The van der Waals surface area contributed by atoms with Crippen molar-refractivity contribution < 1.29 is 4.79 Å². The average Bonchev–Trinajstić information content (AvgIpc) is 2.46. The summed E-state index contributed by atoms with van der Waals surface area (Å²) in [4.78, 5) is 18.5. The van der Waals surface area contributed by atoms with Crippen LogP contribution in [0.15, 0.2) is 24.5 Å². The van der Waals surface area contributed by atoms with Crippen molar-refractivity contribution in [2.75, 3.05) is 26.2 Å². The molecule has 3 heterocycles. The second-order valence-electron chi connectivity index (χ2n) is 6.13. The lowest BCUT2D eigenvalue weighted by Crippen LogP contribution is -2.54. The van der Waals surface area contributed by atoms with Crippen molar-refractivity contribution in [2.24, 2.45) is 5.92 Å². The van der Waals surface area contributed by atoms with Gasteiger partial charge in [0, 0.05) is 50.7 Å². The number of rotatable bonds is 4.